The number of fused-ring (bicyclic) bond motifs is 1. The minimum atomic E-state index is -0.220. The van der Waals surface area contributed by atoms with Crippen molar-refractivity contribution in [3.8, 4) is 5.75 Å². The second-order valence-corrected chi connectivity index (χ2v) is 7.48. The summed E-state index contributed by atoms with van der Waals surface area (Å²) in [5.74, 6) is 0.806. The molecule has 0 aliphatic heterocycles. The highest BCUT2D eigenvalue weighted by Crippen LogP contribution is 2.21. The predicted molar refractivity (Wildman–Crippen MR) is 106 cm³/mol. The van der Waals surface area contributed by atoms with Crippen molar-refractivity contribution in [1.82, 2.24) is 14.6 Å². The highest BCUT2D eigenvalue weighted by molar-refractivity contribution is 7.16. The molecule has 2 aromatic heterocycles. The van der Waals surface area contributed by atoms with Crippen molar-refractivity contribution in [1.29, 1.82) is 0 Å². The molecule has 1 N–H and O–H groups in total. The van der Waals surface area contributed by atoms with Crippen molar-refractivity contribution >= 4 is 27.9 Å². The fraction of sp³-hybridized carbons (Fsp3) is 0.368. The number of hydrogen-bond acceptors (Lipinski definition) is 6. The van der Waals surface area contributed by atoms with Gasteiger partial charge in [0.05, 0.1) is 5.69 Å². The van der Waals surface area contributed by atoms with Crippen LogP contribution in [-0.4, -0.2) is 20.5 Å². The molecule has 8 heteroatoms. The lowest BCUT2D eigenvalue weighted by molar-refractivity contribution is -0.116. The Kier molecular flexibility index (Phi) is 5.85. The third kappa shape index (κ3) is 4.71. The van der Waals surface area contributed by atoms with E-state index in [9.17, 15) is 9.59 Å². The third-order valence-corrected chi connectivity index (χ3v) is 5.00. The Bertz CT molecular complexity index is 1010. The minimum absolute atomic E-state index is 0.0269. The maximum atomic E-state index is 12.2. The van der Waals surface area contributed by atoms with Crippen LogP contribution in [0.2, 0.25) is 0 Å². The zero-order valence-electron chi connectivity index (χ0n) is 15.6. The molecule has 142 valence electrons. The number of hydrogen-bond donors (Lipinski definition) is 1. The first-order chi connectivity index (χ1) is 13.0. The van der Waals surface area contributed by atoms with Gasteiger partial charge in [0.15, 0.2) is 0 Å². The lowest BCUT2D eigenvalue weighted by atomic mass is 10.2. The van der Waals surface area contributed by atoms with E-state index in [1.165, 1.54) is 21.9 Å². The summed E-state index contributed by atoms with van der Waals surface area (Å²) in [6.07, 6.45) is 1.27. The lowest BCUT2D eigenvalue weighted by Gasteiger charge is -2.09. The second-order valence-electron chi connectivity index (χ2n) is 6.49. The fourth-order valence-electron chi connectivity index (χ4n) is 2.45. The highest BCUT2D eigenvalue weighted by Gasteiger charge is 2.12. The standard InChI is InChI=1S/C19H22N4O3S/c1-4-6-16(24)20-13-7-5-8-15(9-13)26-11-14-10-17(25)23-19(21-14)27-18(22-23)12(2)3/h5,7-10,12H,4,6,11H2,1-3H3,(H,20,24). The number of amides is 1. The summed E-state index contributed by atoms with van der Waals surface area (Å²) < 4.78 is 7.08. The van der Waals surface area contributed by atoms with E-state index in [0.29, 0.717) is 28.5 Å². The van der Waals surface area contributed by atoms with Crippen LogP contribution >= 0.6 is 11.3 Å². The third-order valence-electron chi connectivity index (χ3n) is 3.79. The van der Waals surface area contributed by atoms with Gasteiger partial charge in [-0.2, -0.15) is 9.61 Å². The van der Waals surface area contributed by atoms with Crippen LogP contribution < -0.4 is 15.6 Å². The van der Waals surface area contributed by atoms with Gasteiger partial charge in [-0.25, -0.2) is 4.98 Å². The van der Waals surface area contributed by atoms with E-state index in [1.54, 1.807) is 18.2 Å². The number of anilines is 1. The van der Waals surface area contributed by atoms with Crippen molar-refractivity contribution in [2.24, 2.45) is 0 Å². The molecule has 27 heavy (non-hydrogen) atoms. The number of ether oxygens (including phenoxy) is 1. The van der Waals surface area contributed by atoms with E-state index in [1.807, 2.05) is 26.8 Å². The summed E-state index contributed by atoms with van der Waals surface area (Å²) in [6, 6.07) is 8.60. The molecule has 7 nitrogen and oxygen atoms in total. The van der Waals surface area contributed by atoms with Crippen LogP contribution in [0.25, 0.3) is 4.96 Å². The molecule has 0 atom stereocenters. The minimum Gasteiger partial charge on any atom is -0.487 e. The molecule has 0 saturated carbocycles. The van der Waals surface area contributed by atoms with Crippen molar-refractivity contribution in [2.75, 3.05) is 5.32 Å². The van der Waals surface area contributed by atoms with Crippen molar-refractivity contribution in [2.45, 2.75) is 46.1 Å². The second kappa shape index (κ2) is 8.30. The Balaban J connectivity index is 1.73. The number of carbonyl (C=O) groups excluding carboxylic acids is 1. The van der Waals surface area contributed by atoms with Gasteiger partial charge in [0.1, 0.15) is 17.4 Å². The van der Waals surface area contributed by atoms with E-state index < -0.39 is 0 Å². The molecule has 0 spiro atoms. The van der Waals surface area contributed by atoms with Crippen LogP contribution in [-0.2, 0) is 11.4 Å². The molecule has 3 aromatic rings. The smallest absolute Gasteiger partial charge is 0.275 e. The first-order valence-electron chi connectivity index (χ1n) is 8.88. The number of carbonyl (C=O) groups is 1. The van der Waals surface area contributed by atoms with E-state index in [2.05, 4.69) is 15.4 Å². The summed E-state index contributed by atoms with van der Waals surface area (Å²) in [4.78, 5) is 29.0. The Morgan fingerprint density at radius 1 is 1.33 bits per heavy atom. The molecule has 0 aliphatic carbocycles. The van der Waals surface area contributed by atoms with Gasteiger partial charge in [0.2, 0.25) is 10.9 Å². The number of nitrogens with zero attached hydrogens (tertiary/aromatic N) is 3. The number of nitrogens with one attached hydrogen (secondary N) is 1. The van der Waals surface area contributed by atoms with Gasteiger partial charge in [-0.3, -0.25) is 9.59 Å². The first-order valence-corrected chi connectivity index (χ1v) is 9.70. The van der Waals surface area contributed by atoms with Gasteiger partial charge in [-0.05, 0) is 18.6 Å². The van der Waals surface area contributed by atoms with Crippen LogP contribution in [0.5, 0.6) is 5.75 Å². The summed E-state index contributed by atoms with van der Waals surface area (Å²) in [5, 5.41) is 8.01. The zero-order valence-corrected chi connectivity index (χ0v) is 16.4. The average molecular weight is 386 g/mol. The normalized spacial score (nSPS) is 11.1. The molecule has 3 rings (SSSR count). The summed E-state index contributed by atoms with van der Waals surface area (Å²) in [7, 11) is 0. The highest BCUT2D eigenvalue weighted by atomic mass is 32.1. The maximum absolute atomic E-state index is 12.2. The van der Waals surface area contributed by atoms with Gasteiger partial charge >= 0.3 is 0 Å². The molecule has 1 aromatic carbocycles. The molecule has 0 bridgehead atoms. The number of aromatic nitrogens is 3. The van der Waals surface area contributed by atoms with Crippen LogP contribution in [0.15, 0.2) is 35.1 Å². The summed E-state index contributed by atoms with van der Waals surface area (Å²) in [5.41, 5.74) is 1.00. The van der Waals surface area contributed by atoms with Gasteiger partial charge in [0, 0.05) is 30.2 Å². The molecular formula is C19H22N4O3S. The molecule has 0 radical (unpaired) electrons. The van der Waals surface area contributed by atoms with Crippen molar-refractivity contribution < 1.29 is 9.53 Å². The van der Waals surface area contributed by atoms with Gasteiger partial charge in [0.25, 0.3) is 5.56 Å². The Hall–Kier alpha value is -2.74. The summed E-state index contributed by atoms with van der Waals surface area (Å²) in [6.45, 7) is 6.17. The van der Waals surface area contributed by atoms with Crippen LogP contribution in [0, 0.1) is 0 Å². The number of rotatable bonds is 7. The Morgan fingerprint density at radius 2 is 2.15 bits per heavy atom. The topological polar surface area (TPSA) is 85.6 Å². The van der Waals surface area contributed by atoms with Gasteiger partial charge < -0.3 is 10.1 Å². The van der Waals surface area contributed by atoms with Crippen molar-refractivity contribution in [3.05, 3.63) is 51.4 Å². The van der Waals surface area contributed by atoms with Gasteiger partial charge in [-0.1, -0.05) is 38.2 Å². The van der Waals surface area contributed by atoms with E-state index in [0.717, 1.165) is 11.4 Å². The largest absolute Gasteiger partial charge is 0.487 e. The van der Waals surface area contributed by atoms with E-state index in [-0.39, 0.29) is 24.0 Å². The molecular weight excluding hydrogens is 364 g/mol. The Labute approximate surface area is 161 Å². The molecule has 1 amide bonds. The SMILES string of the molecule is CCCC(=O)Nc1cccc(OCc2cc(=O)n3nc(C(C)C)sc3n2)c1. The van der Waals surface area contributed by atoms with E-state index >= 15 is 0 Å². The van der Waals surface area contributed by atoms with Crippen LogP contribution in [0.1, 0.15) is 50.2 Å². The molecule has 0 aliphatic rings. The number of benzene rings is 1. The molecule has 0 fully saturated rings. The predicted octanol–water partition coefficient (Wildman–Crippen LogP) is 3.59. The molecule has 0 saturated heterocycles. The lowest BCUT2D eigenvalue weighted by Crippen LogP contribution is -2.16. The van der Waals surface area contributed by atoms with E-state index in [4.69, 9.17) is 4.74 Å². The molecule has 0 unspecified atom stereocenters. The van der Waals surface area contributed by atoms with Crippen molar-refractivity contribution in [3.63, 3.8) is 0 Å². The average Bonchev–Trinajstić information content (AvgIpc) is 3.06. The van der Waals surface area contributed by atoms with Crippen LogP contribution in [0.4, 0.5) is 5.69 Å². The zero-order chi connectivity index (χ0) is 19.4. The maximum Gasteiger partial charge on any atom is 0.275 e. The first kappa shape index (κ1) is 19.0. The Morgan fingerprint density at radius 3 is 2.89 bits per heavy atom. The quantitative estimate of drug-likeness (QED) is 0.671. The monoisotopic (exact) mass is 386 g/mol. The van der Waals surface area contributed by atoms with Crippen LogP contribution in [0.3, 0.4) is 0 Å². The molecule has 2 heterocycles. The summed E-state index contributed by atoms with van der Waals surface area (Å²) >= 11 is 1.41. The van der Waals surface area contributed by atoms with Gasteiger partial charge in [-0.15, -0.1) is 0 Å². The fourth-order valence-corrected chi connectivity index (χ4v) is 3.38.